The number of ether oxygens (including phenoxy) is 1. The standard InChI is InChI=1S/C20H18ClNO4S/c21-13-2-1-3-14(10-13)27(23,24)15-4-5-16-17-6-8-22-20(7-9-25-12-20)19(17)26-18(16)11-15/h1-5,10-11,22H,6-9,12H2. The molecule has 0 radical (unpaired) electrons. The van der Waals surface area contributed by atoms with Gasteiger partial charge in [-0.1, -0.05) is 17.7 Å². The number of benzene rings is 2. The molecule has 0 bridgehead atoms. The Morgan fingerprint density at radius 3 is 2.74 bits per heavy atom. The van der Waals surface area contributed by atoms with E-state index < -0.39 is 9.84 Å². The lowest BCUT2D eigenvalue weighted by molar-refractivity contribution is 0.153. The Balaban J connectivity index is 1.65. The number of nitrogens with one attached hydrogen (secondary N) is 1. The summed E-state index contributed by atoms with van der Waals surface area (Å²) in [6, 6.07) is 11.4. The van der Waals surface area contributed by atoms with Gasteiger partial charge in [0.2, 0.25) is 9.84 Å². The molecule has 5 rings (SSSR count). The first-order valence-corrected chi connectivity index (χ1v) is 10.8. The summed E-state index contributed by atoms with van der Waals surface area (Å²) in [4.78, 5) is 0.376. The molecule has 2 aliphatic rings. The average molecular weight is 404 g/mol. The van der Waals surface area contributed by atoms with Gasteiger partial charge in [-0.05, 0) is 43.2 Å². The monoisotopic (exact) mass is 403 g/mol. The van der Waals surface area contributed by atoms with Crippen molar-refractivity contribution >= 4 is 32.4 Å². The van der Waals surface area contributed by atoms with E-state index in [-0.39, 0.29) is 15.3 Å². The summed E-state index contributed by atoms with van der Waals surface area (Å²) in [6.07, 6.45) is 1.71. The molecule has 1 saturated heterocycles. The van der Waals surface area contributed by atoms with Crippen LogP contribution in [0.15, 0.2) is 56.7 Å². The highest BCUT2D eigenvalue weighted by molar-refractivity contribution is 7.91. The number of hydrogen-bond donors (Lipinski definition) is 1. The molecule has 2 aliphatic heterocycles. The molecule has 1 spiro atoms. The summed E-state index contributed by atoms with van der Waals surface area (Å²) in [6.45, 7) is 2.12. The second kappa shape index (κ2) is 6.07. The lowest BCUT2D eigenvalue weighted by Crippen LogP contribution is -2.47. The largest absolute Gasteiger partial charge is 0.459 e. The number of fused-ring (bicyclic) bond motifs is 4. The van der Waals surface area contributed by atoms with Crippen LogP contribution in [0.25, 0.3) is 11.0 Å². The van der Waals surface area contributed by atoms with Crippen molar-refractivity contribution in [2.75, 3.05) is 19.8 Å². The van der Waals surface area contributed by atoms with Crippen LogP contribution in [0.4, 0.5) is 0 Å². The highest BCUT2D eigenvalue weighted by Gasteiger charge is 2.44. The van der Waals surface area contributed by atoms with Gasteiger partial charge in [0.1, 0.15) is 16.9 Å². The van der Waals surface area contributed by atoms with E-state index in [0.29, 0.717) is 23.8 Å². The van der Waals surface area contributed by atoms with Crippen molar-refractivity contribution in [1.29, 1.82) is 0 Å². The molecule has 1 aromatic heterocycles. The molecule has 27 heavy (non-hydrogen) atoms. The van der Waals surface area contributed by atoms with E-state index in [0.717, 1.165) is 36.1 Å². The van der Waals surface area contributed by atoms with Crippen LogP contribution < -0.4 is 5.32 Å². The SMILES string of the molecule is O=S(=O)(c1cccc(Cl)c1)c1ccc2c3c(oc2c1)C1(CCOC1)NCC3. The van der Waals surface area contributed by atoms with Gasteiger partial charge in [0.25, 0.3) is 0 Å². The predicted octanol–water partition coefficient (Wildman–Crippen LogP) is 3.68. The Labute approximate surface area is 162 Å². The summed E-state index contributed by atoms with van der Waals surface area (Å²) in [5.41, 5.74) is 1.46. The Morgan fingerprint density at radius 2 is 1.96 bits per heavy atom. The molecule has 1 atom stereocenters. The van der Waals surface area contributed by atoms with E-state index in [9.17, 15) is 8.42 Å². The summed E-state index contributed by atoms with van der Waals surface area (Å²) in [5.74, 6) is 0.888. The predicted molar refractivity (Wildman–Crippen MR) is 102 cm³/mol. The van der Waals surface area contributed by atoms with Crippen LogP contribution >= 0.6 is 11.6 Å². The molecular weight excluding hydrogens is 386 g/mol. The van der Waals surface area contributed by atoms with E-state index in [4.69, 9.17) is 20.8 Å². The smallest absolute Gasteiger partial charge is 0.206 e. The Bertz CT molecular complexity index is 1150. The van der Waals surface area contributed by atoms with Crippen LogP contribution in [-0.4, -0.2) is 28.2 Å². The third kappa shape index (κ3) is 2.63. The highest BCUT2D eigenvalue weighted by atomic mass is 35.5. The van der Waals surface area contributed by atoms with Crippen molar-refractivity contribution in [3.63, 3.8) is 0 Å². The fraction of sp³-hybridized carbons (Fsp3) is 0.300. The molecule has 0 aliphatic carbocycles. The van der Waals surface area contributed by atoms with Crippen LogP contribution in [0.3, 0.4) is 0 Å². The van der Waals surface area contributed by atoms with Gasteiger partial charge in [-0.3, -0.25) is 0 Å². The first-order chi connectivity index (χ1) is 13.0. The minimum Gasteiger partial charge on any atom is -0.459 e. The Hall–Kier alpha value is -1.86. The van der Waals surface area contributed by atoms with Gasteiger partial charge in [0, 0.05) is 35.2 Å². The maximum Gasteiger partial charge on any atom is 0.206 e. The van der Waals surface area contributed by atoms with E-state index in [1.807, 2.05) is 6.07 Å². The van der Waals surface area contributed by atoms with Gasteiger partial charge in [-0.15, -0.1) is 0 Å². The van der Waals surface area contributed by atoms with E-state index in [1.54, 1.807) is 30.3 Å². The molecule has 5 nitrogen and oxygen atoms in total. The Kier molecular flexibility index (Phi) is 3.88. The van der Waals surface area contributed by atoms with Gasteiger partial charge < -0.3 is 14.5 Å². The van der Waals surface area contributed by atoms with Crippen molar-refractivity contribution < 1.29 is 17.6 Å². The molecule has 1 N–H and O–H groups in total. The van der Waals surface area contributed by atoms with E-state index in [2.05, 4.69) is 5.32 Å². The molecular formula is C20H18ClNO4S. The van der Waals surface area contributed by atoms with Gasteiger partial charge >= 0.3 is 0 Å². The van der Waals surface area contributed by atoms with Gasteiger partial charge in [0.15, 0.2) is 0 Å². The third-order valence-electron chi connectivity index (χ3n) is 5.48. The highest BCUT2D eigenvalue weighted by Crippen LogP contribution is 2.41. The molecule has 140 valence electrons. The average Bonchev–Trinajstić information content (AvgIpc) is 3.27. The van der Waals surface area contributed by atoms with Crippen LogP contribution in [0, 0.1) is 0 Å². The second-order valence-corrected chi connectivity index (χ2v) is 9.48. The van der Waals surface area contributed by atoms with E-state index >= 15 is 0 Å². The number of sulfone groups is 1. The molecule has 0 amide bonds. The van der Waals surface area contributed by atoms with Crippen LogP contribution in [0.2, 0.25) is 5.02 Å². The zero-order chi connectivity index (χ0) is 18.6. The first-order valence-electron chi connectivity index (χ1n) is 8.89. The quantitative estimate of drug-likeness (QED) is 0.706. The number of rotatable bonds is 2. The number of furan rings is 1. The summed E-state index contributed by atoms with van der Waals surface area (Å²) in [5, 5.41) is 4.90. The number of halogens is 1. The maximum atomic E-state index is 13.0. The molecule has 3 aromatic rings. The second-order valence-electron chi connectivity index (χ2n) is 7.09. The molecule has 3 heterocycles. The van der Waals surface area contributed by atoms with Crippen molar-refractivity contribution in [3.8, 4) is 0 Å². The molecule has 1 unspecified atom stereocenters. The molecule has 7 heteroatoms. The normalized spacial score (nSPS) is 22.4. The zero-order valence-electron chi connectivity index (χ0n) is 14.5. The van der Waals surface area contributed by atoms with Crippen molar-refractivity contribution in [2.24, 2.45) is 0 Å². The summed E-state index contributed by atoms with van der Waals surface area (Å²) < 4.78 is 37.8. The molecule has 1 fully saturated rings. The summed E-state index contributed by atoms with van der Waals surface area (Å²) in [7, 11) is -3.67. The van der Waals surface area contributed by atoms with Gasteiger partial charge in [0.05, 0.1) is 16.4 Å². The minimum atomic E-state index is -3.67. The van der Waals surface area contributed by atoms with Crippen molar-refractivity contribution in [3.05, 3.63) is 58.8 Å². The maximum absolute atomic E-state index is 13.0. The number of hydrogen-bond acceptors (Lipinski definition) is 5. The van der Waals surface area contributed by atoms with E-state index in [1.165, 1.54) is 6.07 Å². The van der Waals surface area contributed by atoms with Crippen molar-refractivity contribution in [2.45, 2.75) is 28.2 Å². The first kappa shape index (κ1) is 17.3. The topological polar surface area (TPSA) is 68.5 Å². The summed E-state index contributed by atoms with van der Waals surface area (Å²) >= 11 is 5.97. The fourth-order valence-corrected chi connectivity index (χ4v) is 5.67. The zero-order valence-corrected chi connectivity index (χ0v) is 16.1. The van der Waals surface area contributed by atoms with Crippen LogP contribution in [-0.2, 0) is 26.5 Å². The Morgan fingerprint density at radius 1 is 1.11 bits per heavy atom. The lowest BCUT2D eigenvalue weighted by Gasteiger charge is -2.31. The van der Waals surface area contributed by atoms with Crippen molar-refractivity contribution in [1.82, 2.24) is 5.32 Å². The van der Waals surface area contributed by atoms with Gasteiger partial charge in [-0.2, -0.15) is 0 Å². The molecule has 2 aromatic carbocycles. The van der Waals surface area contributed by atoms with Crippen LogP contribution in [0.1, 0.15) is 17.7 Å². The lowest BCUT2D eigenvalue weighted by atomic mass is 9.87. The minimum absolute atomic E-state index is 0.174. The molecule has 0 saturated carbocycles. The van der Waals surface area contributed by atoms with Gasteiger partial charge in [-0.25, -0.2) is 8.42 Å². The fourth-order valence-electron chi connectivity index (χ4n) is 4.09. The third-order valence-corrected chi connectivity index (χ3v) is 7.46. The van der Waals surface area contributed by atoms with Crippen LogP contribution in [0.5, 0.6) is 0 Å².